The molecule has 0 aliphatic carbocycles. The quantitative estimate of drug-likeness (QED) is 0.168. The minimum Gasteiger partial charge on any atom is -0.466 e. The zero-order valence-electron chi connectivity index (χ0n) is 22.4. The van der Waals surface area contributed by atoms with Crippen LogP contribution in [0, 0.1) is 5.41 Å². The van der Waals surface area contributed by atoms with Gasteiger partial charge in [0.25, 0.3) is 0 Å². The molecule has 2 heterocycles. The molecular weight excluding hydrogens is 498 g/mol. The van der Waals surface area contributed by atoms with E-state index in [2.05, 4.69) is 13.8 Å². The minimum absolute atomic E-state index is 0.146. The molecule has 0 radical (unpaired) electrons. The largest absolute Gasteiger partial charge is 0.466 e. The number of halogens is 1. The maximum Gasteiger partial charge on any atom is 0.311 e. The number of carbonyl (C=O) groups is 3. The normalized spacial score (nSPS) is 11.7. The lowest BCUT2D eigenvalue weighted by Crippen LogP contribution is -2.30. The van der Waals surface area contributed by atoms with Crippen molar-refractivity contribution in [2.24, 2.45) is 5.41 Å². The SMILES string of the molecule is CCOC(=O)C(C)(C)Cc1c(C(=O)c2ccccc2)c2cc(C(C)C)ccn2c1C(=O)c1ccc(Cl)cc1. The van der Waals surface area contributed by atoms with Gasteiger partial charge in [-0.15, -0.1) is 0 Å². The number of benzene rings is 2. The molecule has 38 heavy (non-hydrogen) atoms. The summed E-state index contributed by atoms with van der Waals surface area (Å²) in [6.45, 7) is 9.72. The molecule has 196 valence electrons. The Morgan fingerprint density at radius 3 is 2.16 bits per heavy atom. The lowest BCUT2D eigenvalue weighted by molar-refractivity contribution is -0.153. The second-order valence-corrected chi connectivity index (χ2v) is 10.8. The summed E-state index contributed by atoms with van der Waals surface area (Å²) >= 11 is 6.09. The van der Waals surface area contributed by atoms with Crippen molar-refractivity contribution in [3.63, 3.8) is 0 Å². The summed E-state index contributed by atoms with van der Waals surface area (Å²) in [7, 11) is 0. The number of rotatable bonds is 9. The van der Waals surface area contributed by atoms with Gasteiger partial charge in [0.05, 0.1) is 28.8 Å². The third-order valence-corrected chi connectivity index (χ3v) is 7.01. The second-order valence-electron chi connectivity index (χ2n) is 10.4. The molecule has 0 fully saturated rings. The molecule has 0 saturated heterocycles. The first kappa shape index (κ1) is 27.3. The van der Waals surface area contributed by atoms with Gasteiger partial charge < -0.3 is 9.14 Å². The fraction of sp³-hybridized carbons (Fsp3) is 0.281. The van der Waals surface area contributed by atoms with E-state index in [1.54, 1.807) is 61.6 Å². The van der Waals surface area contributed by atoms with Gasteiger partial charge >= 0.3 is 5.97 Å². The van der Waals surface area contributed by atoms with Gasteiger partial charge in [0, 0.05) is 22.3 Å². The fourth-order valence-corrected chi connectivity index (χ4v) is 4.79. The number of hydrogen-bond acceptors (Lipinski definition) is 4. The molecule has 6 heteroatoms. The molecule has 4 rings (SSSR count). The van der Waals surface area contributed by atoms with E-state index in [0.717, 1.165) is 5.56 Å². The average Bonchev–Trinajstić information content (AvgIpc) is 3.21. The Labute approximate surface area is 228 Å². The van der Waals surface area contributed by atoms with E-state index < -0.39 is 5.41 Å². The summed E-state index contributed by atoms with van der Waals surface area (Å²) in [4.78, 5) is 41.1. The zero-order valence-corrected chi connectivity index (χ0v) is 23.1. The Morgan fingerprint density at radius 1 is 0.921 bits per heavy atom. The molecule has 2 aromatic carbocycles. The topological polar surface area (TPSA) is 64.8 Å². The predicted octanol–water partition coefficient (Wildman–Crippen LogP) is 7.31. The Bertz CT molecular complexity index is 1500. The highest BCUT2D eigenvalue weighted by atomic mass is 35.5. The Morgan fingerprint density at radius 2 is 1.55 bits per heavy atom. The molecule has 5 nitrogen and oxygen atoms in total. The maximum absolute atomic E-state index is 14.1. The number of carbonyl (C=O) groups excluding carboxylic acids is 3. The number of ketones is 2. The van der Waals surface area contributed by atoms with Crippen LogP contribution in [0.5, 0.6) is 0 Å². The van der Waals surface area contributed by atoms with Crippen molar-refractivity contribution >= 4 is 34.7 Å². The minimum atomic E-state index is -0.984. The van der Waals surface area contributed by atoms with E-state index >= 15 is 0 Å². The van der Waals surface area contributed by atoms with Crippen molar-refractivity contribution in [2.75, 3.05) is 6.61 Å². The van der Waals surface area contributed by atoms with E-state index in [4.69, 9.17) is 16.3 Å². The molecule has 0 saturated carbocycles. The highest BCUT2D eigenvalue weighted by molar-refractivity contribution is 6.30. The highest BCUT2D eigenvalue weighted by Gasteiger charge is 2.36. The first-order valence-corrected chi connectivity index (χ1v) is 13.2. The number of aromatic nitrogens is 1. The molecule has 4 aromatic rings. The van der Waals surface area contributed by atoms with Crippen LogP contribution in [0.25, 0.3) is 5.52 Å². The predicted molar refractivity (Wildman–Crippen MR) is 150 cm³/mol. The molecule has 2 aromatic heterocycles. The number of ether oxygens (including phenoxy) is 1. The standard InChI is InChI=1S/C32H32ClNO4/c1-6-38-31(37)32(4,5)19-25-27(29(35)21-10-8-7-9-11-21)26-18-23(20(2)3)16-17-34(26)28(25)30(36)22-12-14-24(33)15-13-22/h7-18,20H,6,19H2,1-5H3. The lowest BCUT2D eigenvalue weighted by Gasteiger charge is -2.23. The van der Waals surface area contributed by atoms with Crippen LogP contribution in [0.2, 0.25) is 5.02 Å². The van der Waals surface area contributed by atoms with Crippen molar-refractivity contribution < 1.29 is 19.1 Å². The molecule has 0 aliphatic heterocycles. The number of hydrogen-bond donors (Lipinski definition) is 0. The summed E-state index contributed by atoms with van der Waals surface area (Å²) in [5, 5.41) is 0.520. The monoisotopic (exact) mass is 529 g/mol. The molecule has 0 aliphatic rings. The van der Waals surface area contributed by atoms with Crippen molar-refractivity contribution in [1.82, 2.24) is 4.40 Å². The number of fused-ring (bicyclic) bond motifs is 1. The first-order chi connectivity index (χ1) is 18.0. The fourth-order valence-electron chi connectivity index (χ4n) is 4.67. The Balaban J connectivity index is 2.06. The average molecular weight is 530 g/mol. The summed E-state index contributed by atoms with van der Waals surface area (Å²) in [6, 6.07) is 19.6. The van der Waals surface area contributed by atoms with E-state index in [1.165, 1.54) is 0 Å². The highest BCUT2D eigenvalue weighted by Crippen LogP contribution is 2.35. The van der Waals surface area contributed by atoms with Gasteiger partial charge in [-0.05, 0) is 80.6 Å². The number of pyridine rings is 1. The molecule has 0 bridgehead atoms. The number of nitrogens with zero attached hydrogens (tertiary/aromatic N) is 1. The number of esters is 1. The van der Waals surface area contributed by atoms with Gasteiger partial charge in [-0.1, -0.05) is 55.8 Å². The van der Waals surface area contributed by atoms with Crippen LogP contribution in [-0.2, 0) is 16.0 Å². The van der Waals surface area contributed by atoms with Crippen molar-refractivity contribution in [3.05, 3.63) is 111 Å². The van der Waals surface area contributed by atoms with Crippen LogP contribution >= 0.6 is 11.6 Å². The van der Waals surface area contributed by atoms with E-state index in [9.17, 15) is 14.4 Å². The lowest BCUT2D eigenvalue weighted by atomic mass is 9.82. The van der Waals surface area contributed by atoms with Gasteiger partial charge in [-0.25, -0.2) is 0 Å². The third kappa shape index (κ3) is 5.30. The maximum atomic E-state index is 14.1. The van der Waals surface area contributed by atoms with Crippen molar-refractivity contribution in [3.8, 4) is 0 Å². The van der Waals surface area contributed by atoms with E-state index in [-0.39, 0.29) is 36.5 Å². The van der Waals surface area contributed by atoms with Crippen molar-refractivity contribution in [2.45, 2.75) is 47.0 Å². The zero-order chi connectivity index (χ0) is 27.6. The van der Waals surface area contributed by atoms with Crippen molar-refractivity contribution in [1.29, 1.82) is 0 Å². The second kappa shape index (κ2) is 11.0. The molecule has 0 N–H and O–H groups in total. The Hall–Kier alpha value is -3.70. The van der Waals surface area contributed by atoms with Crippen LogP contribution in [0.15, 0.2) is 72.9 Å². The molecule has 0 amide bonds. The summed E-state index contributed by atoms with van der Waals surface area (Å²) in [5.74, 6) is -0.630. The summed E-state index contributed by atoms with van der Waals surface area (Å²) < 4.78 is 7.14. The smallest absolute Gasteiger partial charge is 0.311 e. The molecule has 0 atom stereocenters. The van der Waals surface area contributed by atoms with Gasteiger partial charge in [0.2, 0.25) is 5.78 Å². The molecule has 0 unspecified atom stereocenters. The van der Waals surface area contributed by atoms with Crippen LogP contribution in [0.1, 0.15) is 83.6 Å². The first-order valence-electron chi connectivity index (χ1n) is 12.8. The van der Waals surface area contributed by atoms with Gasteiger partial charge in [0.15, 0.2) is 5.78 Å². The van der Waals surface area contributed by atoms with E-state index in [0.29, 0.717) is 38.5 Å². The van der Waals surface area contributed by atoms with Crippen LogP contribution in [-0.4, -0.2) is 28.5 Å². The van der Waals surface area contributed by atoms with E-state index in [1.807, 2.05) is 36.5 Å². The van der Waals surface area contributed by atoms with Gasteiger partial charge in [0.1, 0.15) is 0 Å². The van der Waals surface area contributed by atoms with Crippen LogP contribution in [0.4, 0.5) is 0 Å². The van der Waals surface area contributed by atoms with Crippen LogP contribution < -0.4 is 0 Å². The van der Waals surface area contributed by atoms with Gasteiger partial charge in [-0.2, -0.15) is 0 Å². The van der Waals surface area contributed by atoms with Crippen LogP contribution in [0.3, 0.4) is 0 Å². The summed E-state index contributed by atoms with van der Waals surface area (Å²) in [6.07, 6.45) is 1.99. The summed E-state index contributed by atoms with van der Waals surface area (Å²) in [5.41, 5.74) is 2.95. The molecule has 0 spiro atoms. The molecular formula is C32H32ClNO4. The van der Waals surface area contributed by atoms with Gasteiger partial charge in [-0.3, -0.25) is 14.4 Å². The third-order valence-electron chi connectivity index (χ3n) is 6.76. The Kier molecular flexibility index (Phi) is 7.89.